The Morgan fingerprint density at radius 2 is 2.00 bits per heavy atom. The fourth-order valence-electron chi connectivity index (χ4n) is 2.26. The normalized spacial score (nSPS) is 15.4. The van der Waals surface area contributed by atoms with Crippen LogP contribution in [0.15, 0.2) is 23.1 Å². The van der Waals surface area contributed by atoms with Gasteiger partial charge in [0, 0.05) is 31.1 Å². The number of hydrogen-bond acceptors (Lipinski definition) is 4. The molecular formula is C13H18ClN3O3S. The first kappa shape index (κ1) is 16.1. The smallest absolute Gasteiger partial charge is 0.242 e. The van der Waals surface area contributed by atoms with E-state index in [1.807, 2.05) is 0 Å². The standard InChI is InChI=1S/C13H18ClN3O3S/c14-10-3-4-12(11(15)9-10)21(19,20)16-6-5-13(18)17-7-1-2-8-17/h3-4,9,16H,1-2,5-8,15H2. The van der Waals surface area contributed by atoms with Crippen LogP contribution in [0, 0.1) is 0 Å². The number of anilines is 1. The maximum atomic E-state index is 12.1. The van der Waals surface area contributed by atoms with Crippen LogP contribution in [-0.2, 0) is 14.8 Å². The number of likely N-dealkylation sites (tertiary alicyclic amines) is 1. The molecule has 0 radical (unpaired) electrons. The van der Waals surface area contributed by atoms with Gasteiger partial charge in [0.15, 0.2) is 0 Å². The summed E-state index contributed by atoms with van der Waals surface area (Å²) in [5.41, 5.74) is 5.74. The highest BCUT2D eigenvalue weighted by Crippen LogP contribution is 2.22. The van der Waals surface area contributed by atoms with E-state index in [2.05, 4.69) is 4.72 Å². The molecule has 6 nitrogen and oxygen atoms in total. The Morgan fingerprint density at radius 1 is 1.33 bits per heavy atom. The van der Waals surface area contributed by atoms with Crippen LogP contribution in [-0.4, -0.2) is 38.9 Å². The van der Waals surface area contributed by atoms with Crippen molar-refractivity contribution in [2.75, 3.05) is 25.4 Å². The highest BCUT2D eigenvalue weighted by Gasteiger charge is 2.20. The van der Waals surface area contributed by atoms with Crippen molar-refractivity contribution in [3.8, 4) is 0 Å². The first-order chi connectivity index (χ1) is 9.90. The van der Waals surface area contributed by atoms with Crippen LogP contribution in [0.4, 0.5) is 5.69 Å². The maximum Gasteiger partial charge on any atom is 0.242 e. The van der Waals surface area contributed by atoms with E-state index in [0.717, 1.165) is 25.9 Å². The number of carbonyl (C=O) groups is 1. The highest BCUT2D eigenvalue weighted by molar-refractivity contribution is 7.89. The second kappa shape index (κ2) is 6.64. The molecule has 1 saturated heterocycles. The predicted octanol–water partition coefficient (Wildman–Crippen LogP) is 1.21. The number of sulfonamides is 1. The van der Waals surface area contributed by atoms with Crippen LogP contribution in [0.3, 0.4) is 0 Å². The van der Waals surface area contributed by atoms with Crippen molar-refractivity contribution in [1.82, 2.24) is 9.62 Å². The number of nitrogens with two attached hydrogens (primary N) is 1. The Labute approximate surface area is 129 Å². The van der Waals surface area contributed by atoms with Crippen molar-refractivity contribution < 1.29 is 13.2 Å². The summed E-state index contributed by atoms with van der Waals surface area (Å²) in [6.45, 7) is 1.57. The summed E-state index contributed by atoms with van der Waals surface area (Å²) in [5.74, 6) is -0.0284. The lowest BCUT2D eigenvalue weighted by atomic mass is 10.3. The Balaban J connectivity index is 1.93. The number of halogens is 1. The summed E-state index contributed by atoms with van der Waals surface area (Å²) in [6.07, 6.45) is 2.17. The van der Waals surface area contributed by atoms with Gasteiger partial charge in [0.25, 0.3) is 0 Å². The van der Waals surface area contributed by atoms with Crippen LogP contribution in [0.1, 0.15) is 19.3 Å². The molecule has 1 aromatic carbocycles. The van der Waals surface area contributed by atoms with Gasteiger partial charge in [-0.2, -0.15) is 0 Å². The van der Waals surface area contributed by atoms with E-state index < -0.39 is 10.0 Å². The molecule has 0 saturated carbocycles. The SMILES string of the molecule is Nc1cc(Cl)ccc1S(=O)(=O)NCCC(=O)N1CCCC1. The molecule has 1 aliphatic rings. The molecule has 0 spiro atoms. The highest BCUT2D eigenvalue weighted by atomic mass is 35.5. The molecule has 1 aliphatic heterocycles. The van der Waals surface area contributed by atoms with Gasteiger partial charge in [0.1, 0.15) is 4.90 Å². The number of carbonyl (C=O) groups excluding carboxylic acids is 1. The molecule has 0 atom stereocenters. The number of nitrogens with zero attached hydrogens (tertiary/aromatic N) is 1. The van der Waals surface area contributed by atoms with Crippen molar-refractivity contribution in [3.63, 3.8) is 0 Å². The van der Waals surface area contributed by atoms with E-state index in [4.69, 9.17) is 17.3 Å². The second-order valence-corrected chi connectivity index (χ2v) is 7.09. The van der Waals surface area contributed by atoms with Crippen LogP contribution >= 0.6 is 11.6 Å². The van der Waals surface area contributed by atoms with Gasteiger partial charge < -0.3 is 10.6 Å². The summed E-state index contributed by atoms with van der Waals surface area (Å²) in [6, 6.07) is 4.19. The molecule has 1 fully saturated rings. The zero-order chi connectivity index (χ0) is 15.5. The molecule has 1 heterocycles. The van der Waals surface area contributed by atoms with Crippen LogP contribution in [0.5, 0.6) is 0 Å². The lowest BCUT2D eigenvalue weighted by Crippen LogP contribution is -2.32. The minimum atomic E-state index is -3.73. The van der Waals surface area contributed by atoms with Gasteiger partial charge in [0.2, 0.25) is 15.9 Å². The zero-order valence-electron chi connectivity index (χ0n) is 11.5. The van der Waals surface area contributed by atoms with E-state index >= 15 is 0 Å². The molecule has 116 valence electrons. The molecule has 0 aliphatic carbocycles. The summed E-state index contributed by atoms with van der Waals surface area (Å²) in [4.78, 5) is 13.6. The third-order valence-corrected chi connectivity index (χ3v) is 5.12. The Morgan fingerprint density at radius 3 is 2.62 bits per heavy atom. The molecule has 1 aromatic rings. The summed E-state index contributed by atoms with van der Waals surface area (Å²) in [5, 5.41) is 0.371. The molecular weight excluding hydrogens is 314 g/mol. The number of benzene rings is 1. The Hall–Kier alpha value is -1.31. The van der Waals surface area contributed by atoms with E-state index in [1.54, 1.807) is 4.90 Å². The minimum Gasteiger partial charge on any atom is -0.398 e. The van der Waals surface area contributed by atoms with E-state index in [0.29, 0.717) is 5.02 Å². The van der Waals surface area contributed by atoms with Gasteiger partial charge in [-0.15, -0.1) is 0 Å². The topological polar surface area (TPSA) is 92.5 Å². The lowest BCUT2D eigenvalue weighted by molar-refractivity contribution is -0.129. The summed E-state index contributed by atoms with van der Waals surface area (Å²) in [7, 11) is -3.73. The number of rotatable bonds is 5. The number of nitrogens with one attached hydrogen (secondary N) is 1. The summed E-state index contributed by atoms with van der Waals surface area (Å²) < 4.78 is 26.6. The summed E-state index contributed by atoms with van der Waals surface area (Å²) >= 11 is 5.74. The Bertz CT molecular complexity index is 628. The third-order valence-electron chi connectivity index (χ3n) is 3.35. The fraction of sp³-hybridized carbons (Fsp3) is 0.462. The third kappa shape index (κ3) is 4.09. The second-order valence-electron chi connectivity index (χ2n) is 4.92. The van der Waals surface area contributed by atoms with Crippen molar-refractivity contribution in [2.45, 2.75) is 24.2 Å². The maximum absolute atomic E-state index is 12.1. The quantitative estimate of drug-likeness (QED) is 0.793. The van der Waals surface area contributed by atoms with Gasteiger partial charge in [-0.3, -0.25) is 4.79 Å². The van der Waals surface area contributed by atoms with E-state index in [9.17, 15) is 13.2 Å². The lowest BCUT2D eigenvalue weighted by Gasteiger charge is -2.15. The zero-order valence-corrected chi connectivity index (χ0v) is 13.1. The molecule has 8 heteroatoms. The average molecular weight is 332 g/mol. The molecule has 21 heavy (non-hydrogen) atoms. The molecule has 3 N–H and O–H groups in total. The van der Waals surface area contributed by atoms with Crippen LogP contribution < -0.4 is 10.5 Å². The van der Waals surface area contributed by atoms with Gasteiger partial charge in [-0.25, -0.2) is 13.1 Å². The molecule has 0 aromatic heterocycles. The van der Waals surface area contributed by atoms with E-state index in [-0.39, 0.29) is 29.5 Å². The van der Waals surface area contributed by atoms with Crippen molar-refractivity contribution in [3.05, 3.63) is 23.2 Å². The van der Waals surface area contributed by atoms with Crippen molar-refractivity contribution in [2.24, 2.45) is 0 Å². The van der Waals surface area contributed by atoms with Gasteiger partial charge in [-0.05, 0) is 31.0 Å². The molecule has 0 bridgehead atoms. The van der Waals surface area contributed by atoms with Gasteiger partial charge in [0.05, 0.1) is 5.69 Å². The fourth-order valence-corrected chi connectivity index (χ4v) is 3.58. The predicted molar refractivity (Wildman–Crippen MR) is 81.5 cm³/mol. The van der Waals surface area contributed by atoms with Crippen LogP contribution in [0.25, 0.3) is 0 Å². The van der Waals surface area contributed by atoms with Crippen molar-refractivity contribution in [1.29, 1.82) is 0 Å². The number of amides is 1. The number of nitrogen functional groups attached to an aromatic ring is 1. The minimum absolute atomic E-state index is 0.0273. The molecule has 1 amide bonds. The monoisotopic (exact) mass is 331 g/mol. The molecule has 2 rings (SSSR count). The van der Waals surface area contributed by atoms with Crippen LogP contribution in [0.2, 0.25) is 5.02 Å². The largest absolute Gasteiger partial charge is 0.398 e. The average Bonchev–Trinajstić information content (AvgIpc) is 2.91. The number of hydrogen-bond donors (Lipinski definition) is 2. The van der Waals surface area contributed by atoms with Crippen molar-refractivity contribution >= 4 is 33.2 Å². The van der Waals surface area contributed by atoms with Gasteiger partial charge in [-0.1, -0.05) is 11.6 Å². The first-order valence-electron chi connectivity index (χ1n) is 6.72. The first-order valence-corrected chi connectivity index (χ1v) is 8.59. The van der Waals surface area contributed by atoms with E-state index in [1.165, 1.54) is 18.2 Å². The molecule has 0 unspecified atom stereocenters. The Kier molecular flexibility index (Phi) is 5.08. The van der Waals surface area contributed by atoms with Gasteiger partial charge >= 0.3 is 0 Å².